The molecule has 1 aromatic rings. The Bertz CT molecular complexity index is 279. The van der Waals surface area contributed by atoms with E-state index >= 15 is 0 Å². The highest BCUT2D eigenvalue weighted by Gasteiger charge is 2.10. The van der Waals surface area contributed by atoms with E-state index in [1.54, 1.807) is 0 Å². The van der Waals surface area contributed by atoms with Crippen LogP contribution in [0, 0.1) is 6.92 Å². The van der Waals surface area contributed by atoms with Gasteiger partial charge in [0.05, 0.1) is 13.2 Å². The van der Waals surface area contributed by atoms with Crippen molar-refractivity contribution in [1.29, 1.82) is 0 Å². The summed E-state index contributed by atoms with van der Waals surface area (Å²) in [6.07, 6.45) is 1.85. The number of aromatic nitrogens is 1. The molecule has 0 saturated carbocycles. The Balaban J connectivity index is 2.08. The Kier molecular flexibility index (Phi) is 2.96. The summed E-state index contributed by atoms with van der Waals surface area (Å²) in [5.41, 5.74) is 1.16. The molecule has 0 bridgehead atoms. The van der Waals surface area contributed by atoms with E-state index in [4.69, 9.17) is 9.47 Å². The van der Waals surface area contributed by atoms with Crippen LogP contribution in [0.15, 0.2) is 18.3 Å². The van der Waals surface area contributed by atoms with E-state index in [1.165, 1.54) is 0 Å². The van der Waals surface area contributed by atoms with Crippen molar-refractivity contribution in [2.24, 2.45) is 0 Å². The first-order valence-electron chi connectivity index (χ1n) is 4.69. The first-order valence-corrected chi connectivity index (χ1v) is 4.69. The largest absolute Gasteiger partial charge is 0.359 e. The number of hydrogen-bond acceptors (Lipinski definition) is 4. The van der Waals surface area contributed by atoms with Crippen molar-refractivity contribution in [2.45, 2.75) is 6.92 Å². The van der Waals surface area contributed by atoms with E-state index in [9.17, 15) is 0 Å². The van der Waals surface area contributed by atoms with Gasteiger partial charge in [0.1, 0.15) is 19.3 Å². The molecular weight excluding hydrogens is 180 g/mol. The van der Waals surface area contributed by atoms with E-state index in [0.717, 1.165) is 11.4 Å². The van der Waals surface area contributed by atoms with Gasteiger partial charge >= 0.3 is 0 Å². The summed E-state index contributed by atoms with van der Waals surface area (Å²) in [7, 11) is 0. The van der Waals surface area contributed by atoms with E-state index in [-0.39, 0.29) is 0 Å². The van der Waals surface area contributed by atoms with Crippen molar-refractivity contribution in [3.63, 3.8) is 0 Å². The van der Waals surface area contributed by atoms with Gasteiger partial charge in [0, 0.05) is 6.20 Å². The highest BCUT2D eigenvalue weighted by molar-refractivity contribution is 5.38. The summed E-state index contributed by atoms with van der Waals surface area (Å²) in [5.74, 6) is 0.900. The SMILES string of the molecule is Cc1ccc(N2COCCOC2)nc1. The van der Waals surface area contributed by atoms with Crippen LogP contribution in [0.4, 0.5) is 5.82 Å². The minimum Gasteiger partial charge on any atom is -0.359 e. The maximum absolute atomic E-state index is 5.35. The van der Waals surface area contributed by atoms with Gasteiger partial charge in [-0.15, -0.1) is 0 Å². The maximum Gasteiger partial charge on any atom is 0.132 e. The van der Waals surface area contributed by atoms with Gasteiger partial charge in [-0.1, -0.05) is 6.07 Å². The molecule has 76 valence electrons. The van der Waals surface area contributed by atoms with E-state index in [0.29, 0.717) is 26.7 Å². The molecule has 4 nitrogen and oxygen atoms in total. The number of rotatable bonds is 1. The van der Waals surface area contributed by atoms with Gasteiger partial charge in [0.15, 0.2) is 0 Å². The van der Waals surface area contributed by atoms with Gasteiger partial charge in [-0.25, -0.2) is 4.98 Å². The molecule has 14 heavy (non-hydrogen) atoms. The van der Waals surface area contributed by atoms with Crippen molar-refractivity contribution >= 4 is 5.82 Å². The van der Waals surface area contributed by atoms with Crippen LogP contribution in [0.5, 0.6) is 0 Å². The fraction of sp³-hybridized carbons (Fsp3) is 0.500. The lowest BCUT2D eigenvalue weighted by Crippen LogP contribution is -2.26. The summed E-state index contributed by atoms with van der Waals surface area (Å²) < 4.78 is 10.7. The van der Waals surface area contributed by atoms with Crippen LogP contribution in [-0.2, 0) is 9.47 Å². The molecule has 0 amide bonds. The second-order valence-electron chi connectivity index (χ2n) is 3.31. The molecule has 1 saturated heterocycles. The van der Waals surface area contributed by atoms with Crippen LogP contribution in [0.2, 0.25) is 0 Å². The summed E-state index contributed by atoms with van der Waals surface area (Å²) in [4.78, 5) is 6.27. The smallest absolute Gasteiger partial charge is 0.132 e. The number of ether oxygens (including phenoxy) is 2. The van der Waals surface area contributed by atoms with Gasteiger partial charge in [-0.05, 0) is 18.6 Å². The maximum atomic E-state index is 5.35. The lowest BCUT2D eigenvalue weighted by molar-refractivity contribution is 0.103. The first-order chi connectivity index (χ1) is 6.86. The number of hydrogen-bond donors (Lipinski definition) is 0. The number of nitrogens with zero attached hydrogens (tertiary/aromatic N) is 2. The van der Waals surface area contributed by atoms with Gasteiger partial charge in [0.2, 0.25) is 0 Å². The van der Waals surface area contributed by atoms with E-state index in [1.807, 2.05) is 30.2 Å². The lowest BCUT2D eigenvalue weighted by Gasteiger charge is -2.19. The molecule has 0 aromatic carbocycles. The Hall–Kier alpha value is -1.13. The Morgan fingerprint density at radius 3 is 2.50 bits per heavy atom. The molecule has 0 radical (unpaired) electrons. The third kappa shape index (κ3) is 2.21. The monoisotopic (exact) mass is 194 g/mol. The van der Waals surface area contributed by atoms with Crippen LogP contribution in [0.25, 0.3) is 0 Å². The van der Waals surface area contributed by atoms with Crippen LogP contribution >= 0.6 is 0 Å². The third-order valence-corrected chi connectivity index (χ3v) is 2.09. The molecule has 2 rings (SSSR count). The minimum absolute atomic E-state index is 0.552. The molecule has 4 heteroatoms. The molecule has 1 aliphatic heterocycles. The van der Waals surface area contributed by atoms with Crippen molar-refractivity contribution in [2.75, 3.05) is 31.6 Å². The number of anilines is 1. The molecule has 1 aliphatic rings. The second-order valence-corrected chi connectivity index (χ2v) is 3.31. The number of aryl methyl sites for hydroxylation is 1. The molecule has 0 N–H and O–H groups in total. The quantitative estimate of drug-likeness (QED) is 0.672. The zero-order valence-electron chi connectivity index (χ0n) is 8.27. The van der Waals surface area contributed by atoms with Crippen molar-refractivity contribution in [3.05, 3.63) is 23.9 Å². The standard InChI is InChI=1S/C10H14N2O2/c1-9-2-3-10(11-6-9)12-7-13-4-5-14-8-12/h2-3,6H,4-5,7-8H2,1H3. The zero-order chi connectivity index (χ0) is 9.80. The molecule has 1 fully saturated rings. The molecule has 0 unspecified atom stereocenters. The molecule has 2 heterocycles. The topological polar surface area (TPSA) is 34.6 Å². The van der Waals surface area contributed by atoms with Crippen molar-refractivity contribution in [3.8, 4) is 0 Å². The Labute approximate surface area is 83.5 Å². The fourth-order valence-corrected chi connectivity index (χ4v) is 1.28. The van der Waals surface area contributed by atoms with E-state index < -0.39 is 0 Å². The van der Waals surface area contributed by atoms with Gasteiger partial charge < -0.3 is 14.4 Å². The zero-order valence-corrected chi connectivity index (χ0v) is 8.27. The highest BCUT2D eigenvalue weighted by Crippen LogP contribution is 2.11. The Morgan fingerprint density at radius 2 is 1.93 bits per heavy atom. The summed E-state index contributed by atoms with van der Waals surface area (Å²) in [5, 5.41) is 0. The third-order valence-electron chi connectivity index (χ3n) is 2.09. The first kappa shape index (κ1) is 9.43. The van der Waals surface area contributed by atoms with E-state index in [2.05, 4.69) is 4.98 Å². The van der Waals surface area contributed by atoms with Crippen LogP contribution in [0.3, 0.4) is 0 Å². The summed E-state index contributed by atoms with van der Waals surface area (Å²) in [6, 6.07) is 4.01. The van der Waals surface area contributed by atoms with Gasteiger partial charge in [-0.2, -0.15) is 0 Å². The average molecular weight is 194 g/mol. The summed E-state index contributed by atoms with van der Waals surface area (Å²) in [6.45, 7) is 4.43. The van der Waals surface area contributed by atoms with Crippen molar-refractivity contribution < 1.29 is 9.47 Å². The van der Waals surface area contributed by atoms with Crippen LogP contribution in [-0.4, -0.2) is 31.7 Å². The Morgan fingerprint density at radius 1 is 1.21 bits per heavy atom. The second kappa shape index (κ2) is 4.39. The fourth-order valence-electron chi connectivity index (χ4n) is 1.28. The minimum atomic E-state index is 0.552. The molecule has 1 aromatic heterocycles. The normalized spacial score (nSPS) is 17.9. The molecule has 0 atom stereocenters. The van der Waals surface area contributed by atoms with Crippen molar-refractivity contribution in [1.82, 2.24) is 4.98 Å². The average Bonchev–Trinajstić information content (AvgIpc) is 2.47. The molecule has 0 aliphatic carbocycles. The molecular formula is C10H14N2O2. The predicted molar refractivity (Wildman–Crippen MR) is 53.1 cm³/mol. The van der Waals surface area contributed by atoms with Gasteiger partial charge in [-0.3, -0.25) is 0 Å². The highest BCUT2D eigenvalue weighted by atomic mass is 16.6. The van der Waals surface area contributed by atoms with Crippen LogP contribution < -0.4 is 4.90 Å². The van der Waals surface area contributed by atoms with Gasteiger partial charge in [0.25, 0.3) is 0 Å². The summed E-state index contributed by atoms with van der Waals surface area (Å²) >= 11 is 0. The molecule has 0 spiro atoms. The van der Waals surface area contributed by atoms with Crippen LogP contribution in [0.1, 0.15) is 5.56 Å². The number of pyridine rings is 1. The lowest BCUT2D eigenvalue weighted by atomic mass is 10.3. The predicted octanol–water partition coefficient (Wildman–Crippen LogP) is 1.16.